The van der Waals surface area contributed by atoms with Crippen LogP contribution in [0.25, 0.3) is 0 Å². The fraction of sp³-hybridized carbons (Fsp3) is 0.615. The molecule has 5 heteroatoms. The standard InChI is InChI=1S/C13H20N2O2S/c1-2-15(7-5-11-4-3-9-18-11)13(16)12-10-17-8-6-14-12/h3-4,9,12,14H,2,5-8,10H2,1H3. The molecule has 0 saturated carbocycles. The summed E-state index contributed by atoms with van der Waals surface area (Å²) in [7, 11) is 0. The van der Waals surface area contributed by atoms with E-state index < -0.39 is 0 Å². The van der Waals surface area contributed by atoms with Gasteiger partial charge in [-0.2, -0.15) is 0 Å². The van der Waals surface area contributed by atoms with Gasteiger partial charge in [0.15, 0.2) is 0 Å². The van der Waals surface area contributed by atoms with E-state index in [-0.39, 0.29) is 11.9 Å². The van der Waals surface area contributed by atoms with E-state index in [1.165, 1.54) is 4.88 Å². The molecule has 1 atom stereocenters. The average Bonchev–Trinajstić information content (AvgIpc) is 2.93. The molecule has 1 fully saturated rings. The van der Waals surface area contributed by atoms with E-state index in [4.69, 9.17) is 4.74 Å². The molecule has 1 unspecified atom stereocenters. The van der Waals surface area contributed by atoms with Crippen LogP contribution in [0.15, 0.2) is 17.5 Å². The van der Waals surface area contributed by atoms with Crippen LogP contribution < -0.4 is 5.32 Å². The Kier molecular flexibility index (Phi) is 5.16. The third-order valence-electron chi connectivity index (χ3n) is 3.12. The molecular weight excluding hydrogens is 248 g/mol. The fourth-order valence-corrected chi connectivity index (χ4v) is 2.77. The minimum absolute atomic E-state index is 0.161. The molecule has 18 heavy (non-hydrogen) atoms. The summed E-state index contributed by atoms with van der Waals surface area (Å²) in [4.78, 5) is 15.5. The fourth-order valence-electron chi connectivity index (χ4n) is 2.07. The topological polar surface area (TPSA) is 41.6 Å². The quantitative estimate of drug-likeness (QED) is 0.870. The predicted molar refractivity (Wildman–Crippen MR) is 72.9 cm³/mol. The largest absolute Gasteiger partial charge is 0.378 e. The molecule has 1 aliphatic heterocycles. The smallest absolute Gasteiger partial charge is 0.242 e. The molecule has 0 spiro atoms. The summed E-state index contributed by atoms with van der Waals surface area (Å²) in [5, 5.41) is 5.29. The van der Waals surface area contributed by atoms with E-state index in [9.17, 15) is 4.79 Å². The van der Waals surface area contributed by atoms with Gasteiger partial charge in [-0.05, 0) is 24.8 Å². The Morgan fingerprint density at radius 1 is 1.67 bits per heavy atom. The summed E-state index contributed by atoms with van der Waals surface area (Å²) in [6.07, 6.45) is 0.935. The van der Waals surface area contributed by atoms with E-state index in [0.717, 1.165) is 26.1 Å². The van der Waals surface area contributed by atoms with Crippen LogP contribution in [0.5, 0.6) is 0 Å². The van der Waals surface area contributed by atoms with Crippen molar-refractivity contribution < 1.29 is 9.53 Å². The van der Waals surface area contributed by atoms with Gasteiger partial charge in [0, 0.05) is 24.5 Å². The number of hydrogen-bond donors (Lipinski definition) is 1. The molecule has 1 aromatic heterocycles. The Morgan fingerprint density at radius 3 is 3.17 bits per heavy atom. The number of hydrogen-bond acceptors (Lipinski definition) is 4. The van der Waals surface area contributed by atoms with Crippen molar-refractivity contribution in [3.8, 4) is 0 Å². The van der Waals surface area contributed by atoms with E-state index >= 15 is 0 Å². The summed E-state index contributed by atoms with van der Waals surface area (Å²) < 4.78 is 5.34. The van der Waals surface area contributed by atoms with Crippen LogP contribution in [-0.4, -0.2) is 49.7 Å². The van der Waals surface area contributed by atoms with Gasteiger partial charge in [0.1, 0.15) is 6.04 Å². The molecule has 0 aromatic carbocycles. The van der Waals surface area contributed by atoms with Crippen LogP contribution in [-0.2, 0) is 16.0 Å². The third kappa shape index (κ3) is 3.54. The van der Waals surface area contributed by atoms with Crippen molar-refractivity contribution in [1.82, 2.24) is 10.2 Å². The first kappa shape index (κ1) is 13.5. The zero-order chi connectivity index (χ0) is 12.8. The highest BCUT2D eigenvalue weighted by atomic mass is 32.1. The van der Waals surface area contributed by atoms with Gasteiger partial charge in [-0.1, -0.05) is 6.07 Å². The number of likely N-dealkylation sites (N-methyl/N-ethyl adjacent to an activating group) is 1. The van der Waals surface area contributed by atoms with Crippen LogP contribution >= 0.6 is 11.3 Å². The lowest BCUT2D eigenvalue weighted by molar-refractivity contribution is -0.136. The highest BCUT2D eigenvalue weighted by Gasteiger charge is 2.25. The SMILES string of the molecule is CCN(CCc1cccs1)C(=O)C1COCCN1. The molecule has 1 aliphatic rings. The molecule has 0 aliphatic carbocycles. The number of rotatable bonds is 5. The zero-order valence-corrected chi connectivity index (χ0v) is 11.5. The molecular formula is C13H20N2O2S. The second-order valence-corrected chi connectivity index (χ2v) is 5.36. The Morgan fingerprint density at radius 2 is 2.56 bits per heavy atom. The lowest BCUT2D eigenvalue weighted by atomic mass is 10.2. The van der Waals surface area contributed by atoms with Crippen molar-refractivity contribution >= 4 is 17.2 Å². The molecule has 0 bridgehead atoms. The molecule has 1 aromatic rings. The summed E-state index contributed by atoms with van der Waals surface area (Å²) in [5.41, 5.74) is 0. The van der Waals surface area contributed by atoms with Crippen LogP contribution in [0.1, 0.15) is 11.8 Å². The Labute approximate surface area is 112 Å². The number of morpholine rings is 1. The number of nitrogens with zero attached hydrogens (tertiary/aromatic N) is 1. The highest BCUT2D eigenvalue weighted by molar-refractivity contribution is 7.09. The third-order valence-corrected chi connectivity index (χ3v) is 4.06. The van der Waals surface area contributed by atoms with Gasteiger partial charge < -0.3 is 15.0 Å². The van der Waals surface area contributed by atoms with Gasteiger partial charge in [0.05, 0.1) is 13.2 Å². The summed E-state index contributed by atoms with van der Waals surface area (Å²) in [6.45, 7) is 5.52. The van der Waals surface area contributed by atoms with Crippen molar-refractivity contribution in [1.29, 1.82) is 0 Å². The van der Waals surface area contributed by atoms with Crippen LogP contribution in [0, 0.1) is 0 Å². The van der Waals surface area contributed by atoms with Gasteiger partial charge >= 0.3 is 0 Å². The molecule has 1 saturated heterocycles. The molecule has 2 rings (SSSR count). The zero-order valence-electron chi connectivity index (χ0n) is 10.7. The van der Waals surface area contributed by atoms with E-state index in [1.807, 2.05) is 11.8 Å². The summed E-state index contributed by atoms with van der Waals surface area (Å²) in [6, 6.07) is 4.00. The minimum atomic E-state index is -0.165. The van der Waals surface area contributed by atoms with E-state index in [2.05, 4.69) is 22.8 Å². The summed E-state index contributed by atoms with van der Waals surface area (Å²) >= 11 is 1.74. The van der Waals surface area contributed by atoms with Crippen molar-refractivity contribution in [2.75, 3.05) is 32.8 Å². The number of amides is 1. The molecule has 1 amide bonds. The Hall–Kier alpha value is -0.910. The average molecular weight is 268 g/mol. The predicted octanol–water partition coefficient (Wildman–Crippen LogP) is 1.13. The normalized spacial score (nSPS) is 19.7. The Balaban J connectivity index is 1.85. The summed E-state index contributed by atoms with van der Waals surface area (Å²) in [5.74, 6) is 0.161. The number of nitrogens with one attached hydrogen (secondary N) is 1. The monoisotopic (exact) mass is 268 g/mol. The molecule has 100 valence electrons. The van der Waals surface area contributed by atoms with E-state index in [0.29, 0.717) is 13.2 Å². The number of ether oxygens (including phenoxy) is 1. The minimum Gasteiger partial charge on any atom is -0.378 e. The van der Waals surface area contributed by atoms with Crippen molar-refractivity contribution in [3.63, 3.8) is 0 Å². The van der Waals surface area contributed by atoms with Gasteiger partial charge in [-0.15, -0.1) is 11.3 Å². The van der Waals surface area contributed by atoms with Gasteiger partial charge in [-0.3, -0.25) is 4.79 Å². The van der Waals surface area contributed by atoms with Gasteiger partial charge in [0.25, 0.3) is 0 Å². The molecule has 2 heterocycles. The van der Waals surface area contributed by atoms with Crippen molar-refractivity contribution in [2.24, 2.45) is 0 Å². The first-order valence-electron chi connectivity index (χ1n) is 6.43. The van der Waals surface area contributed by atoms with Crippen LogP contribution in [0.2, 0.25) is 0 Å². The first-order chi connectivity index (χ1) is 8.81. The lowest BCUT2D eigenvalue weighted by Gasteiger charge is -2.29. The molecule has 1 N–H and O–H groups in total. The molecule has 0 radical (unpaired) electrons. The number of carbonyl (C=O) groups excluding carboxylic acids is 1. The highest BCUT2D eigenvalue weighted by Crippen LogP contribution is 2.10. The Bertz CT molecular complexity index is 361. The maximum Gasteiger partial charge on any atom is 0.242 e. The van der Waals surface area contributed by atoms with Gasteiger partial charge in [0.2, 0.25) is 5.91 Å². The second-order valence-electron chi connectivity index (χ2n) is 4.33. The number of thiophene rings is 1. The van der Waals surface area contributed by atoms with Crippen molar-refractivity contribution in [2.45, 2.75) is 19.4 Å². The van der Waals surface area contributed by atoms with Crippen LogP contribution in [0.3, 0.4) is 0 Å². The molecule has 4 nitrogen and oxygen atoms in total. The van der Waals surface area contributed by atoms with Crippen molar-refractivity contribution in [3.05, 3.63) is 22.4 Å². The first-order valence-corrected chi connectivity index (χ1v) is 7.31. The van der Waals surface area contributed by atoms with E-state index in [1.54, 1.807) is 11.3 Å². The van der Waals surface area contributed by atoms with Crippen LogP contribution in [0.4, 0.5) is 0 Å². The lowest BCUT2D eigenvalue weighted by Crippen LogP contribution is -2.52. The maximum absolute atomic E-state index is 12.3. The second kappa shape index (κ2) is 6.87. The van der Waals surface area contributed by atoms with Gasteiger partial charge in [-0.25, -0.2) is 0 Å². The maximum atomic E-state index is 12.3. The number of carbonyl (C=O) groups is 1.